The second-order valence-electron chi connectivity index (χ2n) is 8.54. The van der Waals surface area contributed by atoms with Gasteiger partial charge in [-0.05, 0) is 48.4 Å². The Labute approximate surface area is 220 Å². The lowest BCUT2D eigenvalue weighted by Gasteiger charge is -2.10. The monoisotopic (exact) mass is 506 g/mol. The zero-order valence-electron chi connectivity index (χ0n) is 21.3. The Hall–Kier alpha value is -4.91. The number of benzene rings is 3. The summed E-state index contributed by atoms with van der Waals surface area (Å²) in [5.74, 6) is 0.421. The summed E-state index contributed by atoms with van der Waals surface area (Å²) in [5, 5.41) is 0. The Morgan fingerprint density at radius 2 is 1.47 bits per heavy atom. The van der Waals surface area contributed by atoms with Crippen LogP contribution in [0.5, 0.6) is 11.5 Å². The summed E-state index contributed by atoms with van der Waals surface area (Å²) >= 11 is 0. The van der Waals surface area contributed by atoms with Crippen LogP contribution in [0.25, 0.3) is 27.9 Å². The minimum atomic E-state index is -0.507. The number of carbonyl (C=O) groups is 2. The summed E-state index contributed by atoms with van der Waals surface area (Å²) in [6.45, 7) is 1.96. The maximum absolute atomic E-state index is 13.6. The van der Waals surface area contributed by atoms with E-state index in [1.807, 2.05) is 54.6 Å². The summed E-state index contributed by atoms with van der Waals surface area (Å²) in [4.78, 5) is 31.0. The second kappa shape index (κ2) is 10.6. The van der Waals surface area contributed by atoms with Gasteiger partial charge in [0.25, 0.3) is 0 Å². The summed E-state index contributed by atoms with van der Waals surface area (Å²) in [6.07, 6.45) is 1.55. The summed E-state index contributed by atoms with van der Waals surface area (Å²) in [7, 11) is 3.14. The van der Waals surface area contributed by atoms with Crippen LogP contribution >= 0.6 is 0 Å². The number of hydrogen-bond acceptors (Lipinski definition) is 6. The highest BCUT2D eigenvalue weighted by Crippen LogP contribution is 2.33. The van der Waals surface area contributed by atoms with Gasteiger partial charge in [-0.15, -0.1) is 0 Å². The van der Waals surface area contributed by atoms with Crippen molar-refractivity contribution in [3.63, 3.8) is 0 Å². The van der Waals surface area contributed by atoms with Crippen LogP contribution in [0, 0.1) is 0 Å². The molecule has 38 heavy (non-hydrogen) atoms. The predicted octanol–water partition coefficient (Wildman–Crippen LogP) is 6.09. The molecule has 5 rings (SSSR count). The van der Waals surface area contributed by atoms with E-state index >= 15 is 0 Å². The van der Waals surface area contributed by atoms with E-state index in [1.54, 1.807) is 62.2 Å². The van der Waals surface area contributed by atoms with Gasteiger partial charge in [-0.3, -0.25) is 9.20 Å². The molecule has 2 heterocycles. The van der Waals surface area contributed by atoms with Crippen molar-refractivity contribution in [3.05, 3.63) is 108 Å². The van der Waals surface area contributed by atoms with Crippen LogP contribution in [0.15, 0.2) is 91.3 Å². The predicted molar refractivity (Wildman–Crippen MR) is 145 cm³/mol. The minimum absolute atomic E-state index is 0.216. The van der Waals surface area contributed by atoms with Gasteiger partial charge in [0.2, 0.25) is 5.78 Å². The molecule has 5 aromatic rings. The highest BCUT2D eigenvalue weighted by Gasteiger charge is 2.22. The fourth-order valence-electron chi connectivity index (χ4n) is 4.39. The highest BCUT2D eigenvalue weighted by molar-refractivity contribution is 6.11. The van der Waals surface area contributed by atoms with Crippen LogP contribution in [0.1, 0.15) is 33.3 Å². The molecule has 0 aliphatic heterocycles. The van der Waals surface area contributed by atoms with Crippen LogP contribution < -0.4 is 9.47 Å². The Morgan fingerprint density at radius 1 is 0.789 bits per heavy atom. The highest BCUT2D eigenvalue weighted by atomic mass is 16.5. The van der Waals surface area contributed by atoms with Crippen LogP contribution in [0.4, 0.5) is 0 Å². The lowest BCUT2D eigenvalue weighted by molar-refractivity contribution is 0.0529. The first kappa shape index (κ1) is 24.8. The van der Waals surface area contributed by atoms with Gasteiger partial charge in [0.05, 0.1) is 43.3 Å². The summed E-state index contributed by atoms with van der Waals surface area (Å²) < 4.78 is 17.7. The van der Waals surface area contributed by atoms with Gasteiger partial charge >= 0.3 is 5.97 Å². The second-order valence-corrected chi connectivity index (χ2v) is 8.54. The molecule has 0 fully saturated rings. The van der Waals surface area contributed by atoms with Crippen LogP contribution in [0.2, 0.25) is 0 Å². The first-order chi connectivity index (χ1) is 18.5. The number of rotatable bonds is 8. The van der Waals surface area contributed by atoms with Crippen LogP contribution in [-0.2, 0) is 4.74 Å². The van der Waals surface area contributed by atoms with Gasteiger partial charge in [-0.25, -0.2) is 9.78 Å². The number of ketones is 1. The van der Waals surface area contributed by atoms with Crippen molar-refractivity contribution in [2.45, 2.75) is 6.92 Å². The molecule has 7 nitrogen and oxygen atoms in total. The fraction of sp³-hybridized carbons (Fsp3) is 0.129. The minimum Gasteiger partial charge on any atom is -0.493 e. The molecular weight excluding hydrogens is 480 g/mol. The number of fused-ring (bicyclic) bond motifs is 1. The van der Waals surface area contributed by atoms with Crippen molar-refractivity contribution in [1.82, 2.24) is 9.38 Å². The van der Waals surface area contributed by atoms with Crippen molar-refractivity contribution >= 4 is 17.3 Å². The molecule has 0 unspecified atom stereocenters. The SMILES string of the molecule is CCOC(=O)c1cc(C(=O)c2ccc(-c3ccccc3)cc2)n2cnc(-c3ccc(OC)c(OC)c3)cc12. The maximum atomic E-state index is 13.6. The molecule has 0 aliphatic rings. The normalized spacial score (nSPS) is 10.8. The van der Waals surface area contributed by atoms with Gasteiger partial charge in [0, 0.05) is 11.1 Å². The number of methoxy groups -OCH3 is 2. The van der Waals surface area contributed by atoms with E-state index in [1.165, 1.54) is 0 Å². The Balaban J connectivity index is 1.57. The van der Waals surface area contributed by atoms with E-state index in [0.717, 1.165) is 16.7 Å². The van der Waals surface area contributed by atoms with Crippen LogP contribution in [-0.4, -0.2) is 42.0 Å². The average Bonchev–Trinajstić information content (AvgIpc) is 3.36. The topological polar surface area (TPSA) is 79.1 Å². The molecule has 0 bridgehead atoms. The zero-order chi connectivity index (χ0) is 26.6. The molecule has 0 saturated carbocycles. The standard InChI is InChI=1S/C31H26N2O5/c1-4-38-31(35)24-17-27(30(34)22-12-10-21(11-13-22)20-8-6-5-7-9-20)33-19-32-25(18-26(24)33)23-14-15-28(36-2)29(16-23)37-3/h5-19H,4H2,1-3H3. The first-order valence-electron chi connectivity index (χ1n) is 12.1. The molecule has 7 heteroatoms. The zero-order valence-corrected chi connectivity index (χ0v) is 21.3. The summed E-state index contributed by atoms with van der Waals surface area (Å²) in [6, 6.07) is 26.2. The summed E-state index contributed by atoms with van der Waals surface area (Å²) in [5.41, 5.74) is 5.09. The van der Waals surface area contributed by atoms with Gasteiger partial charge in [0.1, 0.15) is 6.33 Å². The van der Waals surface area contributed by atoms with E-state index in [0.29, 0.717) is 39.5 Å². The largest absolute Gasteiger partial charge is 0.493 e. The molecule has 3 aromatic carbocycles. The molecule has 0 radical (unpaired) electrons. The smallest absolute Gasteiger partial charge is 0.340 e. The van der Waals surface area contributed by atoms with E-state index in [9.17, 15) is 9.59 Å². The molecule has 0 N–H and O–H groups in total. The van der Waals surface area contributed by atoms with Crippen molar-refractivity contribution in [1.29, 1.82) is 0 Å². The first-order valence-corrected chi connectivity index (χ1v) is 12.1. The quantitative estimate of drug-likeness (QED) is 0.187. The molecule has 2 aromatic heterocycles. The van der Waals surface area contributed by atoms with E-state index in [-0.39, 0.29) is 12.4 Å². The Morgan fingerprint density at radius 3 is 2.16 bits per heavy atom. The van der Waals surface area contributed by atoms with Crippen molar-refractivity contribution < 1.29 is 23.8 Å². The molecule has 190 valence electrons. The van der Waals surface area contributed by atoms with Gasteiger partial charge in [0.15, 0.2) is 11.5 Å². The third kappa shape index (κ3) is 4.62. The lowest BCUT2D eigenvalue weighted by Crippen LogP contribution is -2.05. The number of esters is 1. The fourth-order valence-corrected chi connectivity index (χ4v) is 4.39. The van der Waals surface area contributed by atoms with Crippen molar-refractivity contribution in [2.75, 3.05) is 20.8 Å². The number of aromatic nitrogens is 2. The van der Waals surface area contributed by atoms with Crippen LogP contribution in [0.3, 0.4) is 0 Å². The van der Waals surface area contributed by atoms with E-state index < -0.39 is 5.97 Å². The van der Waals surface area contributed by atoms with E-state index in [4.69, 9.17) is 14.2 Å². The Bertz CT molecular complexity index is 1620. The third-order valence-electron chi connectivity index (χ3n) is 6.32. The number of hydrogen-bond donors (Lipinski definition) is 0. The molecule has 0 amide bonds. The average molecular weight is 507 g/mol. The molecule has 0 saturated heterocycles. The number of ether oxygens (including phenoxy) is 3. The lowest BCUT2D eigenvalue weighted by atomic mass is 10.0. The van der Waals surface area contributed by atoms with Crippen molar-refractivity contribution in [3.8, 4) is 33.9 Å². The Kier molecular flexibility index (Phi) is 6.91. The molecule has 0 aliphatic carbocycles. The van der Waals surface area contributed by atoms with Gasteiger partial charge in [-0.1, -0.05) is 54.6 Å². The van der Waals surface area contributed by atoms with Gasteiger partial charge in [-0.2, -0.15) is 0 Å². The molecular formula is C31H26N2O5. The van der Waals surface area contributed by atoms with Crippen molar-refractivity contribution in [2.24, 2.45) is 0 Å². The molecule has 0 atom stereocenters. The number of nitrogens with zero attached hydrogens (tertiary/aromatic N) is 2. The molecule has 0 spiro atoms. The number of carbonyl (C=O) groups excluding carboxylic acids is 2. The maximum Gasteiger partial charge on any atom is 0.340 e. The third-order valence-corrected chi connectivity index (χ3v) is 6.32. The van der Waals surface area contributed by atoms with Gasteiger partial charge < -0.3 is 14.2 Å². The van der Waals surface area contributed by atoms with E-state index in [2.05, 4.69) is 4.98 Å².